The van der Waals surface area contributed by atoms with Gasteiger partial charge in [-0.15, -0.1) is 0 Å². The third-order valence-electron chi connectivity index (χ3n) is 4.48. The van der Waals surface area contributed by atoms with Gasteiger partial charge in [-0.2, -0.15) is 0 Å². The van der Waals surface area contributed by atoms with Crippen LogP contribution in [0.4, 0.5) is 0 Å². The molecule has 1 aromatic rings. The summed E-state index contributed by atoms with van der Waals surface area (Å²) >= 11 is 9.85. The highest BCUT2D eigenvalue weighted by molar-refractivity contribution is 9.10. The molecule has 21 heavy (non-hydrogen) atoms. The van der Waals surface area contributed by atoms with Crippen LogP contribution in [-0.2, 0) is 0 Å². The Morgan fingerprint density at radius 2 is 2.29 bits per heavy atom. The van der Waals surface area contributed by atoms with Crippen LogP contribution in [0.3, 0.4) is 0 Å². The molecule has 5 heteroatoms. The van der Waals surface area contributed by atoms with Crippen LogP contribution < -0.4 is 5.73 Å². The number of likely N-dealkylation sites (tertiary alicyclic amines) is 1. The van der Waals surface area contributed by atoms with Crippen LogP contribution in [0.2, 0.25) is 5.02 Å². The van der Waals surface area contributed by atoms with Crippen LogP contribution in [0.5, 0.6) is 0 Å². The summed E-state index contributed by atoms with van der Waals surface area (Å²) in [5.41, 5.74) is 7.15. The van der Waals surface area contributed by atoms with E-state index in [-0.39, 0.29) is 6.04 Å². The molecule has 0 bridgehead atoms. The molecule has 2 N–H and O–H groups in total. The third kappa shape index (κ3) is 4.20. The number of nitrogens with zero attached hydrogens (tertiary/aromatic N) is 2. The first kappa shape index (κ1) is 17.2. The predicted molar refractivity (Wildman–Crippen MR) is 93.8 cm³/mol. The maximum atomic E-state index is 6.40. The van der Waals surface area contributed by atoms with Gasteiger partial charge in [0.2, 0.25) is 0 Å². The molecule has 0 radical (unpaired) electrons. The van der Waals surface area contributed by atoms with Gasteiger partial charge in [-0.05, 0) is 50.7 Å². The first-order valence-electron chi connectivity index (χ1n) is 7.66. The van der Waals surface area contributed by atoms with Gasteiger partial charge in [-0.25, -0.2) is 0 Å². The maximum absolute atomic E-state index is 6.40. The molecule has 0 saturated carbocycles. The minimum absolute atomic E-state index is 0.171. The van der Waals surface area contributed by atoms with Crippen molar-refractivity contribution < 1.29 is 0 Å². The van der Waals surface area contributed by atoms with E-state index in [1.54, 1.807) is 0 Å². The highest BCUT2D eigenvalue weighted by Crippen LogP contribution is 2.30. The van der Waals surface area contributed by atoms with Crippen molar-refractivity contribution >= 4 is 27.5 Å². The SMILES string of the molecule is CCN1CCCC1CN(C)C(CN)c1ccc(Br)cc1Cl. The second-order valence-electron chi connectivity index (χ2n) is 5.78. The standard InChI is InChI=1S/C16H25BrClN3/c1-3-21-8-4-5-13(21)11-20(2)16(10-19)14-7-6-12(17)9-15(14)18/h6-7,9,13,16H,3-5,8,10-11,19H2,1-2H3. The molecular weight excluding hydrogens is 350 g/mol. The van der Waals surface area contributed by atoms with Crippen molar-refractivity contribution in [3.63, 3.8) is 0 Å². The van der Waals surface area contributed by atoms with Crippen molar-refractivity contribution in [1.82, 2.24) is 9.80 Å². The number of benzene rings is 1. The van der Waals surface area contributed by atoms with Gasteiger partial charge in [0.05, 0.1) is 0 Å². The molecule has 1 aromatic carbocycles. The van der Waals surface area contributed by atoms with Gasteiger partial charge in [0.1, 0.15) is 0 Å². The topological polar surface area (TPSA) is 32.5 Å². The monoisotopic (exact) mass is 373 g/mol. The lowest BCUT2D eigenvalue weighted by Gasteiger charge is -2.33. The van der Waals surface area contributed by atoms with E-state index in [9.17, 15) is 0 Å². The van der Waals surface area contributed by atoms with Crippen molar-refractivity contribution in [2.24, 2.45) is 5.73 Å². The Bertz CT molecular complexity index is 469. The van der Waals surface area contributed by atoms with E-state index in [1.807, 2.05) is 12.1 Å². The average Bonchev–Trinajstić information content (AvgIpc) is 2.89. The van der Waals surface area contributed by atoms with Crippen LogP contribution in [0.25, 0.3) is 0 Å². The van der Waals surface area contributed by atoms with Crippen molar-refractivity contribution in [2.45, 2.75) is 31.8 Å². The fraction of sp³-hybridized carbons (Fsp3) is 0.625. The lowest BCUT2D eigenvalue weighted by Crippen LogP contribution is -2.41. The lowest BCUT2D eigenvalue weighted by atomic mass is 10.0. The van der Waals surface area contributed by atoms with Crippen molar-refractivity contribution in [1.29, 1.82) is 0 Å². The normalized spacial score (nSPS) is 21.1. The number of nitrogens with two attached hydrogens (primary N) is 1. The van der Waals surface area contributed by atoms with E-state index in [1.165, 1.54) is 19.4 Å². The molecule has 2 unspecified atom stereocenters. The number of hydrogen-bond donors (Lipinski definition) is 1. The van der Waals surface area contributed by atoms with E-state index in [2.05, 4.69) is 45.8 Å². The molecule has 2 atom stereocenters. The van der Waals surface area contributed by atoms with Crippen molar-refractivity contribution in [2.75, 3.05) is 33.2 Å². The van der Waals surface area contributed by atoms with Crippen molar-refractivity contribution in [3.05, 3.63) is 33.3 Å². The lowest BCUT2D eigenvalue weighted by molar-refractivity contribution is 0.166. The van der Waals surface area contributed by atoms with Gasteiger partial charge >= 0.3 is 0 Å². The number of likely N-dealkylation sites (N-methyl/N-ethyl adjacent to an activating group) is 2. The Labute approximate surface area is 141 Å². The molecule has 0 aliphatic carbocycles. The zero-order chi connectivity index (χ0) is 15.4. The molecule has 0 aromatic heterocycles. The maximum Gasteiger partial charge on any atom is 0.0482 e. The molecule has 1 saturated heterocycles. The molecule has 1 aliphatic heterocycles. The Morgan fingerprint density at radius 1 is 1.52 bits per heavy atom. The fourth-order valence-electron chi connectivity index (χ4n) is 3.29. The first-order valence-corrected chi connectivity index (χ1v) is 8.83. The van der Waals surface area contributed by atoms with Gasteiger partial charge < -0.3 is 5.73 Å². The van der Waals surface area contributed by atoms with Crippen LogP contribution >= 0.6 is 27.5 Å². The molecule has 1 aliphatic rings. The predicted octanol–water partition coefficient (Wildman–Crippen LogP) is 3.52. The van der Waals surface area contributed by atoms with E-state index >= 15 is 0 Å². The number of hydrogen-bond acceptors (Lipinski definition) is 3. The molecule has 0 spiro atoms. The van der Waals surface area contributed by atoms with Gasteiger partial charge in [0, 0.05) is 34.7 Å². The van der Waals surface area contributed by atoms with Crippen LogP contribution in [0.15, 0.2) is 22.7 Å². The van der Waals surface area contributed by atoms with Gasteiger partial charge in [0.25, 0.3) is 0 Å². The second-order valence-corrected chi connectivity index (χ2v) is 7.10. The highest BCUT2D eigenvalue weighted by Gasteiger charge is 2.27. The van der Waals surface area contributed by atoms with Crippen LogP contribution in [0, 0.1) is 0 Å². The molecule has 1 heterocycles. The van der Waals surface area contributed by atoms with E-state index in [0.29, 0.717) is 12.6 Å². The van der Waals surface area contributed by atoms with Gasteiger partial charge in [-0.3, -0.25) is 9.80 Å². The number of rotatable bonds is 6. The summed E-state index contributed by atoms with van der Waals surface area (Å²) in [4.78, 5) is 4.92. The Hall–Kier alpha value is -0.130. The summed E-state index contributed by atoms with van der Waals surface area (Å²) in [6, 6.07) is 6.87. The summed E-state index contributed by atoms with van der Waals surface area (Å²) in [6.07, 6.45) is 2.59. The zero-order valence-electron chi connectivity index (χ0n) is 12.9. The second kappa shape index (κ2) is 7.93. The fourth-order valence-corrected chi connectivity index (χ4v) is 4.09. The molecular formula is C16H25BrClN3. The summed E-state index contributed by atoms with van der Waals surface area (Å²) in [6.45, 7) is 6.22. The summed E-state index contributed by atoms with van der Waals surface area (Å²) in [7, 11) is 2.15. The van der Waals surface area contributed by atoms with Gasteiger partial charge in [0.15, 0.2) is 0 Å². The largest absolute Gasteiger partial charge is 0.329 e. The minimum Gasteiger partial charge on any atom is -0.329 e. The molecule has 3 nitrogen and oxygen atoms in total. The number of halogens is 2. The highest BCUT2D eigenvalue weighted by atomic mass is 79.9. The average molecular weight is 375 g/mol. The van der Waals surface area contributed by atoms with Crippen LogP contribution in [0.1, 0.15) is 31.4 Å². The summed E-state index contributed by atoms with van der Waals surface area (Å²) < 4.78 is 1.00. The van der Waals surface area contributed by atoms with Crippen molar-refractivity contribution in [3.8, 4) is 0 Å². The Kier molecular flexibility index (Phi) is 6.51. The molecule has 2 rings (SSSR count). The van der Waals surface area contributed by atoms with Crippen LogP contribution in [-0.4, -0.2) is 49.1 Å². The zero-order valence-corrected chi connectivity index (χ0v) is 15.2. The smallest absolute Gasteiger partial charge is 0.0482 e. The summed E-state index contributed by atoms with van der Waals surface area (Å²) in [5, 5.41) is 0.783. The minimum atomic E-state index is 0.171. The van der Waals surface area contributed by atoms with E-state index in [4.69, 9.17) is 17.3 Å². The first-order chi connectivity index (χ1) is 10.1. The Morgan fingerprint density at radius 3 is 2.90 bits per heavy atom. The van der Waals surface area contributed by atoms with E-state index < -0.39 is 0 Å². The van der Waals surface area contributed by atoms with Gasteiger partial charge in [-0.1, -0.05) is 40.5 Å². The summed E-state index contributed by atoms with van der Waals surface area (Å²) in [5.74, 6) is 0. The molecule has 118 valence electrons. The van der Waals surface area contributed by atoms with E-state index in [0.717, 1.165) is 28.1 Å². The Balaban J connectivity index is 2.09. The molecule has 0 amide bonds. The quantitative estimate of drug-likeness (QED) is 0.827. The third-order valence-corrected chi connectivity index (χ3v) is 5.30. The molecule has 1 fully saturated rings.